The molecule has 0 unspecified atom stereocenters. The summed E-state index contributed by atoms with van der Waals surface area (Å²) in [6, 6.07) is 46.5. The molecule has 0 fully saturated rings. The van der Waals surface area contributed by atoms with Gasteiger partial charge in [-0.05, 0) is 34.4 Å². The predicted octanol–water partition coefficient (Wildman–Crippen LogP) is 9.25. The van der Waals surface area contributed by atoms with Crippen molar-refractivity contribution in [2.24, 2.45) is 0 Å². The minimum Gasteiger partial charge on any atom is -0.309 e. The summed E-state index contributed by atoms with van der Waals surface area (Å²) in [4.78, 5) is 0. The quantitative estimate of drug-likeness (QED) is 0.163. The van der Waals surface area contributed by atoms with E-state index in [-0.39, 0.29) is 5.41 Å². The van der Waals surface area contributed by atoms with E-state index in [1.54, 1.807) is 0 Å². The third-order valence-electron chi connectivity index (χ3n) is 7.06. The Morgan fingerprint density at radius 1 is 0.471 bits per heavy atom. The first-order chi connectivity index (χ1) is 16.9. The van der Waals surface area contributed by atoms with E-state index < -0.39 is 0 Å². The zero-order valence-corrected chi connectivity index (χ0v) is 22.6. The highest BCUT2D eigenvalue weighted by molar-refractivity contribution is 15.0. The molecule has 5 aromatic carbocycles. The lowest BCUT2D eigenvalue weighted by molar-refractivity contribution is 0.728. The molecule has 7 rings (SSSR count). The van der Waals surface area contributed by atoms with Gasteiger partial charge in [0.1, 0.15) is 0 Å². The van der Waals surface area contributed by atoms with Gasteiger partial charge in [-0.2, -0.15) is 0 Å². The molecule has 1 aliphatic heterocycles. The summed E-state index contributed by atoms with van der Waals surface area (Å²) in [5.41, 5.74) is 8.68. The summed E-state index contributed by atoms with van der Waals surface area (Å²) in [6.07, 6.45) is 0. The van der Waals surface area contributed by atoms with Gasteiger partial charge in [0.25, 0.3) is 0 Å². The van der Waals surface area contributed by atoms with Crippen LogP contribution in [0.15, 0.2) is 127 Å². The van der Waals surface area contributed by atoms with E-state index in [0.29, 0.717) is 0 Å². The molecule has 0 atom stereocenters. The third-order valence-corrected chi connectivity index (χ3v) is 7.06. The normalized spacial score (nSPS) is 13.2. The van der Waals surface area contributed by atoms with Crippen LogP contribution in [0.4, 0.5) is 0 Å². The lowest BCUT2D eigenvalue weighted by atomic mass is 9.63. The van der Waals surface area contributed by atoms with Crippen molar-refractivity contribution in [3.8, 4) is 5.69 Å². The van der Waals surface area contributed by atoms with Crippen molar-refractivity contribution in [1.82, 2.24) is 4.57 Å². The monoisotopic (exact) mass is 661 g/mol. The molecule has 34 heavy (non-hydrogen) atoms. The summed E-state index contributed by atoms with van der Waals surface area (Å²) in [6.45, 7) is 0. The Kier molecular flexibility index (Phi) is 5.70. The Morgan fingerprint density at radius 2 is 1.00 bits per heavy atom. The predicted molar refractivity (Wildman–Crippen MR) is 161 cm³/mol. The van der Waals surface area contributed by atoms with E-state index in [1.165, 1.54) is 49.7 Å². The molecular weight excluding hydrogens is 640 g/mol. The number of hydrogen-bond acceptors (Lipinski definition) is 0. The highest BCUT2D eigenvalue weighted by Gasteiger charge is 2.44. The van der Waals surface area contributed by atoms with Crippen LogP contribution < -0.4 is 0 Å². The fraction of sp³-hybridized carbons (Fsp3) is 0.0323. The van der Waals surface area contributed by atoms with Crippen molar-refractivity contribution in [3.05, 3.63) is 150 Å². The SMILES string of the molecule is II.c1ccc(C2(c3ccccc3)c3ccccc3-n3c4ccccc4c4cccc2c43)cc1. The zero-order valence-electron chi connectivity index (χ0n) is 18.3. The smallest absolute Gasteiger partial charge is 0.0742 e. The highest BCUT2D eigenvalue weighted by Crippen LogP contribution is 2.53. The Bertz CT molecular complexity index is 1580. The largest absolute Gasteiger partial charge is 0.309 e. The first kappa shape index (κ1) is 21.9. The average molecular weight is 661 g/mol. The number of halogens is 2. The van der Waals surface area contributed by atoms with Gasteiger partial charge in [-0.3, -0.25) is 0 Å². The van der Waals surface area contributed by atoms with E-state index in [0.717, 1.165) is 0 Å². The molecule has 0 saturated heterocycles. The summed E-state index contributed by atoms with van der Waals surface area (Å²) in [5, 5.41) is 2.61. The molecule has 2 heterocycles. The highest BCUT2D eigenvalue weighted by atomic mass is 128. The number of fused-ring (bicyclic) bond motifs is 5. The van der Waals surface area contributed by atoms with Crippen LogP contribution in [0.1, 0.15) is 22.3 Å². The van der Waals surface area contributed by atoms with Crippen LogP contribution in [-0.4, -0.2) is 4.57 Å². The summed E-state index contributed by atoms with van der Waals surface area (Å²) >= 11 is 4.24. The fourth-order valence-corrected chi connectivity index (χ4v) is 5.87. The van der Waals surface area contributed by atoms with Crippen LogP contribution >= 0.6 is 37.2 Å². The molecule has 0 spiro atoms. The third kappa shape index (κ3) is 2.96. The Morgan fingerprint density at radius 3 is 1.71 bits per heavy atom. The summed E-state index contributed by atoms with van der Waals surface area (Å²) < 4.78 is 2.47. The van der Waals surface area contributed by atoms with Gasteiger partial charge in [-0.25, -0.2) is 0 Å². The minimum atomic E-state index is -0.386. The molecule has 0 bridgehead atoms. The summed E-state index contributed by atoms with van der Waals surface area (Å²) in [5.74, 6) is 0. The maximum absolute atomic E-state index is 2.47. The zero-order chi connectivity index (χ0) is 23.1. The van der Waals surface area contributed by atoms with Gasteiger partial charge in [0.15, 0.2) is 0 Å². The lowest BCUT2D eigenvalue weighted by Gasteiger charge is -2.41. The Balaban J connectivity index is 0.00000106. The lowest BCUT2D eigenvalue weighted by Crippen LogP contribution is -2.35. The van der Waals surface area contributed by atoms with Crippen molar-refractivity contribution >= 4 is 59.0 Å². The number of rotatable bonds is 2. The molecule has 1 nitrogen and oxygen atoms in total. The van der Waals surface area contributed by atoms with E-state index in [1.807, 2.05) is 0 Å². The molecule has 164 valence electrons. The van der Waals surface area contributed by atoms with E-state index in [2.05, 4.69) is 169 Å². The van der Waals surface area contributed by atoms with Crippen LogP contribution in [0.5, 0.6) is 0 Å². The molecule has 0 aliphatic carbocycles. The van der Waals surface area contributed by atoms with Crippen LogP contribution in [-0.2, 0) is 5.41 Å². The second-order valence-electron chi connectivity index (χ2n) is 8.55. The van der Waals surface area contributed by atoms with E-state index in [9.17, 15) is 0 Å². The molecule has 1 aliphatic rings. The number of benzene rings is 5. The molecule has 0 N–H and O–H groups in total. The number of para-hydroxylation sites is 3. The Labute approximate surface area is 222 Å². The number of aromatic nitrogens is 1. The van der Waals surface area contributed by atoms with Gasteiger partial charge in [0.05, 0.1) is 22.1 Å². The molecule has 0 amide bonds. The topological polar surface area (TPSA) is 4.93 Å². The molecule has 0 saturated carbocycles. The minimum absolute atomic E-state index is 0.386. The molecule has 0 radical (unpaired) electrons. The standard InChI is InChI=1S/C31H21N.I2/c1-3-12-22(13-4-1)31(23-14-5-2-6-15-23)26-18-8-10-21-29(26)32-28-20-9-7-16-24(28)25-17-11-19-27(31)30(25)32;1-2/h1-21H;. The van der Waals surface area contributed by atoms with Gasteiger partial charge in [-0.15, -0.1) is 0 Å². The van der Waals surface area contributed by atoms with Gasteiger partial charge in [0, 0.05) is 48.0 Å². The fourth-order valence-electron chi connectivity index (χ4n) is 5.87. The second kappa shape index (κ2) is 8.86. The van der Waals surface area contributed by atoms with E-state index in [4.69, 9.17) is 0 Å². The van der Waals surface area contributed by atoms with Gasteiger partial charge >= 0.3 is 0 Å². The average Bonchev–Trinajstić information content (AvgIpc) is 3.27. The Hall–Kier alpha value is -2.64. The van der Waals surface area contributed by atoms with Crippen molar-refractivity contribution in [1.29, 1.82) is 0 Å². The van der Waals surface area contributed by atoms with Crippen molar-refractivity contribution in [2.45, 2.75) is 5.41 Å². The maximum atomic E-state index is 2.47. The van der Waals surface area contributed by atoms with E-state index >= 15 is 0 Å². The van der Waals surface area contributed by atoms with Crippen LogP contribution in [0.3, 0.4) is 0 Å². The second-order valence-corrected chi connectivity index (χ2v) is 8.55. The molecular formula is C31H21I2N. The van der Waals surface area contributed by atoms with Crippen LogP contribution in [0.25, 0.3) is 27.5 Å². The van der Waals surface area contributed by atoms with Gasteiger partial charge in [-0.1, -0.05) is 115 Å². The molecule has 3 heteroatoms. The first-order valence-corrected chi connectivity index (χ1v) is 17.6. The first-order valence-electron chi connectivity index (χ1n) is 11.3. The van der Waals surface area contributed by atoms with Crippen molar-refractivity contribution < 1.29 is 0 Å². The number of nitrogens with zero attached hydrogens (tertiary/aromatic N) is 1. The summed E-state index contributed by atoms with van der Waals surface area (Å²) in [7, 11) is 0. The van der Waals surface area contributed by atoms with Crippen LogP contribution in [0, 0.1) is 0 Å². The number of hydrogen-bond donors (Lipinski definition) is 0. The molecule has 1 aromatic heterocycles. The van der Waals surface area contributed by atoms with Gasteiger partial charge in [0.2, 0.25) is 0 Å². The molecule has 6 aromatic rings. The van der Waals surface area contributed by atoms with Crippen molar-refractivity contribution in [2.75, 3.05) is 0 Å². The van der Waals surface area contributed by atoms with Crippen molar-refractivity contribution in [3.63, 3.8) is 0 Å². The van der Waals surface area contributed by atoms with Gasteiger partial charge < -0.3 is 4.57 Å². The maximum Gasteiger partial charge on any atom is 0.0742 e. The van der Waals surface area contributed by atoms with Crippen LogP contribution in [0.2, 0.25) is 0 Å².